The van der Waals surface area contributed by atoms with E-state index in [0.29, 0.717) is 50.2 Å². The zero-order chi connectivity index (χ0) is 25.0. The number of halogens is 5. The number of benzene rings is 1. The number of nitrogens with zero attached hydrogens (tertiary/aromatic N) is 4. The predicted molar refractivity (Wildman–Crippen MR) is 123 cm³/mol. The lowest BCUT2D eigenvalue weighted by atomic mass is 9.82. The number of anilines is 1. The molecule has 35 heavy (non-hydrogen) atoms. The van der Waals surface area contributed by atoms with Crippen LogP contribution in [0.1, 0.15) is 29.7 Å². The van der Waals surface area contributed by atoms with Crippen LogP contribution in [0.15, 0.2) is 27.7 Å². The third-order valence-electron chi connectivity index (χ3n) is 6.28. The highest BCUT2D eigenvalue weighted by Gasteiger charge is 2.43. The molecule has 1 fully saturated rings. The Kier molecular flexibility index (Phi) is 6.14. The van der Waals surface area contributed by atoms with E-state index in [1.807, 2.05) is 0 Å². The van der Waals surface area contributed by atoms with E-state index in [9.17, 15) is 22.8 Å². The van der Waals surface area contributed by atoms with E-state index in [1.54, 1.807) is 4.57 Å². The number of ether oxygens (including phenoxy) is 1. The minimum Gasteiger partial charge on any atom is -0.370 e. The molecule has 1 saturated heterocycles. The number of carbonyl (C=O) groups is 1. The summed E-state index contributed by atoms with van der Waals surface area (Å²) < 4.78 is 47.9. The van der Waals surface area contributed by atoms with Crippen molar-refractivity contribution < 1.29 is 22.7 Å². The van der Waals surface area contributed by atoms with Gasteiger partial charge >= 0.3 is 6.18 Å². The van der Waals surface area contributed by atoms with Crippen LogP contribution in [0.4, 0.5) is 18.9 Å². The molecule has 0 saturated carbocycles. The maximum Gasteiger partial charge on any atom is 0.416 e. The Morgan fingerprint density at radius 2 is 2.06 bits per heavy atom. The number of hydrogen-bond acceptors (Lipinski definition) is 6. The van der Waals surface area contributed by atoms with Gasteiger partial charge in [-0.3, -0.25) is 9.59 Å². The van der Waals surface area contributed by atoms with Crippen LogP contribution in [0, 0.1) is 0 Å². The van der Waals surface area contributed by atoms with Crippen LogP contribution >= 0.6 is 27.5 Å². The standard InChI is InChI=1S/C21H19BrClF3N6O3/c22-18-29-19-31(10-15(33)28-13-2-1-11(9-12(13)23)21(24,25)26)14-3-8-35-20(4-6-27-7-5-20)16(14)17(34)32(19)30-18/h1-2,9,27H,3-8,10H2,(H,28,33). The van der Waals surface area contributed by atoms with Gasteiger partial charge in [-0.2, -0.15) is 22.7 Å². The fourth-order valence-corrected chi connectivity index (χ4v) is 5.27. The lowest BCUT2D eigenvalue weighted by Gasteiger charge is -2.41. The van der Waals surface area contributed by atoms with E-state index in [1.165, 1.54) is 0 Å². The molecule has 0 radical (unpaired) electrons. The van der Waals surface area contributed by atoms with Crippen molar-refractivity contribution >= 4 is 44.9 Å². The van der Waals surface area contributed by atoms with Gasteiger partial charge in [-0.05, 0) is 60.1 Å². The van der Waals surface area contributed by atoms with Crippen LogP contribution in [0.3, 0.4) is 0 Å². The summed E-state index contributed by atoms with van der Waals surface area (Å²) in [6.45, 7) is 1.45. The summed E-state index contributed by atoms with van der Waals surface area (Å²) in [4.78, 5) is 30.7. The number of amides is 1. The van der Waals surface area contributed by atoms with E-state index in [0.717, 1.165) is 22.7 Å². The van der Waals surface area contributed by atoms with Crippen molar-refractivity contribution in [3.8, 4) is 0 Å². The van der Waals surface area contributed by atoms with Gasteiger partial charge in [0.05, 0.1) is 28.4 Å². The van der Waals surface area contributed by atoms with Gasteiger partial charge in [0.25, 0.3) is 5.56 Å². The predicted octanol–water partition coefficient (Wildman–Crippen LogP) is 3.12. The van der Waals surface area contributed by atoms with Gasteiger partial charge in [-0.15, -0.1) is 5.10 Å². The van der Waals surface area contributed by atoms with Gasteiger partial charge in [0, 0.05) is 12.1 Å². The molecule has 3 aromatic rings. The molecule has 0 unspecified atom stereocenters. The van der Waals surface area contributed by atoms with Crippen molar-refractivity contribution in [2.75, 3.05) is 25.0 Å². The number of carbonyl (C=O) groups excluding carboxylic acids is 1. The largest absolute Gasteiger partial charge is 0.416 e. The van der Waals surface area contributed by atoms with Gasteiger partial charge in [0.2, 0.25) is 16.4 Å². The first-order valence-electron chi connectivity index (χ1n) is 10.8. The highest BCUT2D eigenvalue weighted by Crippen LogP contribution is 2.39. The van der Waals surface area contributed by atoms with Crippen molar-refractivity contribution in [3.63, 3.8) is 0 Å². The average molecular weight is 576 g/mol. The smallest absolute Gasteiger partial charge is 0.370 e. The maximum absolute atomic E-state index is 13.5. The van der Waals surface area contributed by atoms with Crippen molar-refractivity contribution in [2.45, 2.75) is 37.6 Å². The average Bonchev–Trinajstić information content (AvgIpc) is 3.19. The third kappa shape index (κ3) is 4.34. The second-order valence-corrected chi connectivity index (χ2v) is 9.51. The van der Waals surface area contributed by atoms with Gasteiger partial charge in [-0.1, -0.05) is 11.6 Å². The molecule has 9 nitrogen and oxygen atoms in total. The van der Waals surface area contributed by atoms with E-state index in [-0.39, 0.29) is 33.3 Å². The Morgan fingerprint density at radius 3 is 2.74 bits per heavy atom. The zero-order valence-electron chi connectivity index (χ0n) is 18.1. The summed E-state index contributed by atoms with van der Waals surface area (Å²) in [6.07, 6.45) is -3.00. The number of rotatable bonds is 3. The molecule has 186 valence electrons. The molecule has 2 N–H and O–H groups in total. The number of nitrogens with one attached hydrogen (secondary N) is 2. The fourth-order valence-electron chi connectivity index (χ4n) is 4.73. The topological polar surface area (TPSA) is 103 Å². The van der Waals surface area contributed by atoms with Crippen molar-refractivity contribution in [1.29, 1.82) is 0 Å². The molecule has 1 aromatic carbocycles. The molecule has 1 amide bonds. The van der Waals surface area contributed by atoms with E-state index in [4.69, 9.17) is 16.3 Å². The molecule has 2 aromatic heterocycles. The summed E-state index contributed by atoms with van der Waals surface area (Å²) in [5, 5.41) is 9.73. The molecule has 0 bridgehead atoms. The van der Waals surface area contributed by atoms with Crippen LogP contribution in [0.2, 0.25) is 5.02 Å². The van der Waals surface area contributed by atoms with Gasteiger partial charge in [-0.25, -0.2) is 0 Å². The van der Waals surface area contributed by atoms with Crippen LogP contribution in [-0.4, -0.2) is 44.8 Å². The fraction of sp³-hybridized carbons (Fsp3) is 0.429. The highest BCUT2D eigenvalue weighted by molar-refractivity contribution is 9.10. The Balaban J connectivity index is 1.54. The van der Waals surface area contributed by atoms with E-state index < -0.39 is 23.2 Å². The summed E-state index contributed by atoms with van der Waals surface area (Å²) in [5.74, 6) is -0.385. The van der Waals surface area contributed by atoms with Crippen LogP contribution in [0.5, 0.6) is 0 Å². The summed E-state index contributed by atoms with van der Waals surface area (Å²) in [5.41, 5.74) is -0.942. The monoisotopic (exact) mass is 574 g/mol. The van der Waals surface area contributed by atoms with E-state index >= 15 is 0 Å². The Labute approximate surface area is 209 Å². The molecule has 0 aliphatic carbocycles. The van der Waals surface area contributed by atoms with Crippen LogP contribution in [-0.2, 0) is 34.3 Å². The Hall–Kier alpha value is -2.48. The molecule has 0 atom stereocenters. The second kappa shape index (κ2) is 8.87. The number of alkyl halides is 3. The molecular formula is C21H19BrClF3N6O3. The van der Waals surface area contributed by atoms with Crippen LogP contribution < -0.4 is 16.2 Å². The first-order valence-corrected chi connectivity index (χ1v) is 12.0. The third-order valence-corrected chi connectivity index (χ3v) is 6.93. The first kappa shape index (κ1) is 24.2. The van der Waals surface area contributed by atoms with Gasteiger partial charge < -0.3 is 19.9 Å². The normalized spacial score (nSPS) is 17.5. The summed E-state index contributed by atoms with van der Waals surface area (Å²) >= 11 is 9.19. The summed E-state index contributed by atoms with van der Waals surface area (Å²) in [7, 11) is 0. The molecular weight excluding hydrogens is 557 g/mol. The molecule has 2 aliphatic rings. The van der Waals surface area contributed by atoms with E-state index in [2.05, 4.69) is 36.6 Å². The quantitative estimate of drug-likeness (QED) is 0.498. The van der Waals surface area contributed by atoms with Crippen LogP contribution in [0.25, 0.3) is 5.78 Å². The summed E-state index contributed by atoms with van der Waals surface area (Å²) in [6, 6.07) is 2.70. The molecule has 5 rings (SSSR count). The van der Waals surface area contributed by atoms with Crippen molar-refractivity contribution in [2.24, 2.45) is 0 Å². The van der Waals surface area contributed by atoms with Gasteiger partial charge in [0.15, 0.2) is 0 Å². The van der Waals surface area contributed by atoms with Gasteiger partial charge in [0.1, 0.15) is 12.1 Å². The number of fused-ring (bicyclic) bond motifs is 3. The molecule has 1 spiro atoms. The Morgan fingerprint density at radius 1 is 1.31 bits per heavy atom. The maximum atomic E-state index is 13.5. The second-order valence-electron chi connectivity index (χ2n) is 8.39. The van der Waals surface area contributed by atoms with Crippen molar-refractivity contribution in [3.05, 3.63) is 55.1 Å². The lowest BCUT2D eigenvalue weighted by Crippen LogP contribution is -2.50. The SMILES string of the molecule is O=C(Cn1c2c(c(=O)n3nc(Br)nc13)C1(CCNCC1)OCC2)Nc1ccc(C(F)(F)F)cc1Cl. The molecule has 2 aliphatic heterocycles. The number of piperidine rings is 1. The minimum absolute atomic E-state index is 0.0383. The minimum atomic E-state index is -4.56. The first-order chi connectivity index (χ1) is 16.6. The highest BCUT2D eigenvalue weighted by atomic mass is 79.9. The Bertz CT molecular complexity index is 1380. The number of aromatic nitrogens is 4. The molecule has 14 heteroatoms. The number of hydrogen-bond donors (Lipinski definition) is 2. The molecule has 4 heterocycles. The van der Waals surface area contributed by atoms with Crippen molar-refractivity contribution in [1.82, 2.24) is 24.5 Å². The lowest BCUT2D eigenvalue weighted by molar-refractivity contribution is -0.137. The zero-order valence-corrected chi connectivity index (χ0v) is 20.4.